The van der Waals surface area contributed by atoms with E-state index in [9.17, 15) is 9.59 Å². The minimum absolute atomic E-state index is 0.0367. The number of carbonyl (C=O) groups is 2. The first-order chi connectivity index (χ1) is 9.99. The molecule has 6 heteroatoms. The Morgan fingerprint density at radius 3 is 2.71 bits per heavy atom. The van der Waals surface area contributed by atoms with Gasteiger partial charge in [-0.3, -0.25) is 9.59 Å². The lowest BCUT2D eigenvalue weighted by atomic mass is 10.0. The molecular weight excluding hydrogens is 310 g/mol. The van der Waals surface area contributed by atoms with Gasteiger partial charge in [0.2, 0.25) is 5.91 Å². The van der Waals surface area contributed by atoms with E-state index in [1.165, 1.54) is 11.8 Å². The lowest BCUT2D eigenvalue weighted by Crippen LogP contribution is -2.27. The Morgan fingerprint density at radius 2 is 2.05 bits per heavy atom. The number of benzene rings is 1. The summed E-state index contributed by atoms with van der Waals surface area (Å²) in [5.41, 5.74) is 0. The molecule has 1 aromatic rings. The molecule has 0 aliphatic carbocycles. The monoisotopic (exact) mass is 329 g/mol. The van der Waals surface area contributed by atoms with Gasteiger partial charge in [0, 0.05) is 17.9 Å². The SMILES string of the molecule is CC(CCNC(=O)CSc1ccccc1Cl)CCC(=O)O. The molecule has 0 aliphatic heterocycles. The molecule has 0 bridgehead atoms. The predicted octanol–water partition coefficient (Wildman–Crippen LogP) is 3.44. The summed E-state index contributed by atoms with van der Waals surface area (Å²) in [6.45, 7) is 2.57. The van der Waals surface area contributed by atoms with Gasteiger partial charge in [-0.2, -0.15) is 0 Å². The molecule has 4 nitrogen and oxygen atoms in total. The van der Waals surface area contributed by atoms with Crippen LogP contribution in [-0.4, -0.2) is 29.3 Å². The lowest BCUT2D eigenvalue weighted by Gasteiger charge is -2.11. The van der Waals surface area contributed by atoms with E-state index in [1.54, 1.807) is 6.07 Å². The van der Waals surface area contributed by atoms with Crippen LogP contribution in [0.1, 0.15) is 26.2 Å². The van der Waals surface area contributed by atoms with Crippen molar-refractivity contribution in [3.8, 4) is 0 Å². The smallest absolute Gasteiger partial charge is 0.303 e. The lowest BCUT2D eigenvalue weighted by molar-refractivity contribution is -0.137. The number of hydrogen-bond acceptors (Lipinski definition) is 3. The maximum atomic E-state index is 11.7. The summed E-state index contributed by atoms with van der Waals surface area (Å²) < 4.78 is 0. The van der Waals surface area contributed by atoms with Crippen LogP contribution in [0.5, 0.6) is 0 Å². The Bertz CT molecular complexity index is 482. The van der Waals surface area contributed by atoms with Gasteiger partial charge < -0.3 is 10.4 Å². The molecule has 0 saturated carbocycles. The predicted molar refractivity (Wildman–Crippen MR) is 85.8 cm³/mol. The number of nitrogens with one attached hydrogen (secondary N) is 1. The molecule has 1 rings (SSSR count). The zero-order valence-corrected chi connectivity index (χ0v) is 13.5. The number of hydrogen-bond donors (Lipinski definition) is 2. The highest BCUT2D eigenvalue weighted by Crippen LogP contribution is 2.26. The number of carbonyl (C=O) groups excluding carboxylic acids is 1. The Hall–Kier alpha value is -1.20. The van der Waals surface area contributed by atoms with E-state index in [-0.39, 0.29) is 18.2 Å². The van der Waals surface area contributed by atoms with E-state index < -0.39 is 5.97 Å². The van der Waals surface area contributed by atoms with Crippen molar-refractivity contribution in [3.63, 3.8) is 0 Å². The van der Waals surface area contributed by atoms with Gasteiger partial charge >= 0.3 is 5.97 Å². The minimum Gasteiger partial charge on any atom is -0.481 e. The van der Waals surface area contributed by atoms with Crippen LogP contribution >= 0.6 is 23.4 Å². The molecule has 2 N–H and O–H groups in total. The average molecular weight is 330 g/mol. The van der Waals surface area contributed by atoms with E-state index in [4.69, 9.17) is 16.7 Å². The van der Waals surface area contributed by atoms with Crippen molar-refractivity contribution < 1.29 is 14.7 Å². The molecule has 1 atom stereocenters. The fourth-order valence-corrected chi connectivity index (χ4v) is 2.80. The Morgan fingerprint density at radius 1 is 1.33 bits per heavy atom. The molecule has 0 radical (unpaired) electrons. The van der Waals surface area contributed by atoms with Crippen LogP contribution in [0.2, 0.25) is 5.02 Å². The van der Waals surface area contributed by atoms with E-state index in [1.807, 2.05) is 25.1 Å². The summed E-state index contributed by atoms with van der Waals surface area (Å²) in [6.07, 6.45) is 1.60. The summed E-state index contributed by atoms with van der Waals surface area (Å²) in [7, 11) is 0. The Balaban J connectivity index is 2.17. The van der Waals surface area contributed by atoms with Crippen molar-refractivity contribution in [1.82, 2.24) is 5.32 Å². The van der Waals surface area contributed by atoms with Gasteiger partial charge in [0.05, 0.1) is 10.8 Å². The molecule has 21 heavy (non-hydrogen) atoms. The molecule has 0 fully saturated rings. The standard InChI is InChI=1S/C15H20ClNO3S/c1-11(6-7-15(19)20)8-9-17-14(18)10-21-13-5-3-2-4-12(13)16/h2-5,11H,6-10H2,1H3,(H,17,18)(H,19,20). The summed E-state index contributed by atoms with van der Waals surface area (Å²) in [5.74, 6) is -0.197. The van der Waals surface area contributed by atoms with Gasteiger partial charge in [-0.1, -0.05) is 30.7 Å². The van der Waals surface area contributed by atoms with Crippen LogP contribution in [0.4, 0.5) is 0 Å². The second-order valence-electron chi connectivity index (χ2n) is 4.90. The van der Waals surface area contributed by atoms with Gasteiger partial charge in [0.1, 0.15) is 0 Å². The molecule has 0 heterocycles. The minimum atomic E-state index is -0.776. The van der Waals surface area contributed by atoms with Crippen LogP contribution in [0.15, 0.2) is 29.2 Å². The quantitative estimate of drug-likeness (QED) is 0.681. The van der Waals surface area contributed by atoms with E-state index in [0.29, 0.717) is 23.7 Å². The fraction of sp³-hybridized carbons (Fsp3) is 0.467. The van der Waals surface area contributed by atoms with E-state index in [2.05, 4.69) is 5.32 Å². The first-order valence-electron chi connectivity index (χ1n) is 6.85. The van der Waals surface area contributed by atoms with Crippen LogP contribution < -0.4 is 5.32 Å². The number of aliphatic carboxylic acids is 1. The van der Waals surface area contributed by atoms with Gasteiger partial charge in [-0.25, -0.2) is 0 Å². The highest BCUT2D eigenvalue weighted by Gasteiger charge is 2.08. The van der Waals surface area contributed by atoms with Crippen molar-refractivity contribution in [1.29, 1.82) is 0 Å². The van der Waals surface area contributed by atoms with E-state index in [0.717, 1.165) is 11.3 Å². The molecule has 0 aliphatic rings. The van der Waals surface area contributed by atoms with Gasteiger partial charge in [-0.05, 0) is 30.9 Å². The number of amides is 1. The first kappa shape index (κ1) is 17.9. The van der Waals surface area contributed by atoms with E-state index >= 15 is 0 Å². The highest BCUT2D eigenvalue weighted by molar-refractivity contribution is 8.00. The van der Waals surface area contributed by atoms with Crippen molar-refractivity contribution >= 4 is 35.2 Å². The number of thioether (sulfide) groups is 1. The summed E-state index contributed by atoms with van der Waals surface area (Å²) >= 11 is 7.42. The molecular formula is C15H20ClNO3S. The van der Waals surface area contributed by atoms with Crippen LogP contribution in [0, 0.1) is 5.92 Å². The molecule has 0 aromatic heterocycles. The largest absolute Gasteiger partial charge is 0.481 e. The van der Waals surface area contributed by atoms with Crippen molar-refractivity contribution in [3.05, 3.63) is 29.3 Å². The third-order valence-corrected chi connectivity index (χ3v) is 4.52. The topological polar surface area (TPSA) is 66.4 Å². The number of carboxylic acids is 1. The Kier molecular flexibility index (Phi) is 8.23. The molecule has 1 amide bonds. The Labute approximate surface area is 134 Å². The average Bonchev–Trinajstić information content (AvgIpc) is 2.44. The highest BCUT2D eigenvalue weighted by atomic mass is 35.5. The molecule has 116 valence electrons. The number of halogens is 1. The van der Waals surface area contributed by atoms with Gasteiger partial charge in [0.15, 0.2) is 0 Å². The molecule has 1 unspecified atom stereocenters. The first-order valence-corrected chi connectivity index (χ1v) is 8.21. The summed E-state index contributed by atoms with van der Waals surface area (Å²) in [6, 6.07) is 7.42. The molecule has 0 saturated heterocycles. The van der Waals surface area contributed by atoms with Gasteiger partial charge in [0.25, 0.3) is 0 Å². The normalized spacial score (nSPS) is 11.9. The third-order valence-electron chi connectivity index (χ3n) is 3.01. The molecule has 1 aromatic carbocycles. The summed E-state index contributed by atoms with van der Waals surface area (Å²) in [5, 5.41) is 12.1. The van der Waals surface area contributed by atoms with Crippen molar-refractivity contribution in [2.45, 2.75) is 31.1 Å². The second-order valence-corrected chi connectivity index (χ2v) is 6.32. The van der Waals surface area contributed by atoms with Crippen molar-refractivity contribution in [2.24, 2.45) is 5.92 Å². The maximum Gasteiger partial charge on any atom is 0.303 e. The number of carboxylic acid groups (broad SMARTS) is 1. The fourth-order valence-electron chi connectivity index (χ4n) is 1.73. The third kappa shape index (κ3) is 7.97. The van der Waals surface area contributed by atoms with Crippen LogP contribution in [0.25, 0.3) is 0 Å². The summed E-state index contributed by atoms with van der Waals surface area (Å²) in [4.78, 5) is 23.0. The molecule has 0 spiro atoms. The zero-order chi connectivity index (χ0) is 15.7. The van der Waals surface area contributed by atoms with Crippen LogP contribution in [0.3, 0.4) is 0 Å². The van der Waals surface area contributed by atoms with Crippen molar-refractivity contribution in [2.75, 3.05) is 12.3 Å². The van der Waals surface area contributed by atoms with Crippen LogP contribution in [-0.2, 0) is 9.59 Å². The zero-order valence-electron chi connectivity index (χ0n) is 12.0. The second kappa shape index (κ2) is 9.68. The number of rotatable bonds is 9. The van der Waals surface area contributed by atoms with Gasteiger partial charge in [-0.15, -0.1) is 11.8 Å². The maximum absolute atomic E-state index is 11.7.